The van der Waals surface area contributed by atoms with Gasteiger partial charge >= 0.3 is 6.03 Å². The van der Waals surface area contributed by atoms with Crippen LogP contribution in [0.2, 0.25) is 5.02 Å². The van der Waals surface area contributed by atoms with Crippen molar-refractivity contribution in [3.63, 3.8) is 0 Å². The molecule has 0 saturated carbocycles. The van der Waals surface area contributed by atoms with Crippen molar-refractivity contribution in [2.24, 2.45) is 0 Å². The summed E-state index contributed by atoms with van der Waals surface area (Å²) in [4.78, 5) is 28.4. The topological polar surface area (TPSA) is 92.4 Å². The van der Waals surface area contributed by atoms with Crippen molar-refractivity contribution < 1.29 is 14.3 Å². The molecule has 0 aliphatic heterocycles. The number of nitrogens with zero attached hydrogens (tertiary/aromatic N) is 1. The molecule has 3 N–H and O–H groups in total. The number of amides is 3. The number of benzene rings is 2. The highest BCUT2D eigenvalue weighted by atomic mass is 35.5. The van der Waals surface area contributed by atoms with E-state index >= 15 is 0 Å². The first-order chi connectivity index (χ1) is 13.0. The highest BCUT2D eigenvalue weighted by molar-refractivity contribution is 7.14. The minimum Gasteiger partial charge on any atom is -0.497 e. The summed E-state index contributed by atoms with van der Waals surface area (Å²) in [6.07, 6.45) is 0. The fraction of sp³-hybridized carbons (Fsp3) is 0.0556. The Kier molecular flexibility index (Phi) is 5.90. The number of rotatable bonds is 5. The Morgan fingerprint density at radius 1 is 0.963 bits per heavy atom. The molecule has 0 aliphatic carbocycles. The van der Waals surface area contributed by atoms with E-state index in [1.807, 2.05) is 0 Å². The van der Waals surface area contributed by atoms with Crippen LogP contribution in [-0.4, -0.2) is 24.0 Å². The van der Waals surface area contributed by atoms with Gasteiger partial charge in [-0.1, -0.05) is 11.6 Å². The zero-order valence-electron chi connectivity index (χ0n) is 14.2. The molecule has 0 bridgehead atoms. The SMILES string of the molecule is COc1ccc(NC(=O)c2csc(NC(=O)Nc3ccc(Cl)cc3)n2)cc1. The average molecular weight is 403 g/mol. The quantitative estimate of drug-likeness (QED) is 0.576. The van der Waals surface area contributed by atoms with E-state index in [4.69, 9.17) is 16.3 Å². The lowest BCUT2D eigenvalue weighted by molar-refractivity contribution is 0.102. The van der Waals surface area contributed by atoms with E-state index in [2.05, 4.69) is 20.9 Å². The maximum atomic E-state index is 12.3. The lowest BCUT2D eigenvalue weighted by atomic mass is 10.3. The number of thiazole rings is 1. The van der Waals surface area contributed by atoms with Crippen LogP contribution in [0.3, 0.4) is 0 Å². The molecular weight excluding hydrogens is 388 g/mol. The number of urea groups is 1. The minimum atomic E-state index is -0.464. The van der Waals surface area contributed by atoms with Crippen molar-refractivity contribution in [2.75, 3.05) is 23.1 Å². The van der Waals surface area contributed by atoms with Gasteiger partial charge in [0.05, 0.1) is 7.11 Å². The molecule has 0 unspecified atom stereocenters. The van der Waals surface area contributed by atoms with Crippen LogP contribution in [0.4, 0.5) is 21.3 Å². The fourth-order valence-electron chi connectivity index (χ4n) is 2.10. The van der Waals surface area contributed by atoms with Gasteiger partial charge in [-0.2, -0.15) is 0 Å². The fourth-order valence-corrected chi connectivity index (χ4v) is 2.91. The molecule has 0 saturated heterocycles. The smallest absolute Gasteiger partial charge is 0.325 e. The predicted octanol–water partition coefficient (Wildman–Crippen LogP) is 4.70. The largest absolute Gasteiger partial charge is 0.497 e. The first-order valence-electron chi connectivity index (χ1n) is 7.78. The van der Waals surface area contributed by atoms with Gasteiger partial charge in [0.1, 0.15) is 11.4 Å². The summed E-state index contributed by atoms with van der Waals surface area (Å²) in [6.45, 7) is 0. The maximum absolute atomic E-state index is 12.3. The first kappa shape index (κ1) is 18.7. The predicted molar refractivity (Wildman–Crippen MR) is 107 cm³/mol. The normalized spacial score (nSPS) is 10.1. The third-order valence-electron chi connectivity index (χ3n) is 3.41. The standard InChI is InChI=1S/C18H15ClN4O3S/c1-26-14-8-6-12(7-9-14)20-16(24)15-10-27-18(22-15)23-17(25)21-13-4-2-11(19)3-5-13/h2-10H,1H3,(H,20,24)(H2,21,22,23,25). The Bertz CT molecular complexity index is 942. The number of hydrogen-bond acceptors (Lipinski definition) is 5. The van der Waals surface area contributed by atoms with Crippen molar-refractivity contribution in [1.29, 1.82) is 0 Å². The number of aromatic nitrogens is 1. The molecule has 0 aliphatic rings. The Morgan fingerprint density at radius 3 is 2.26 bits per heavy atom. The van der Waals surface area contributed by atoms with Crippen molar-refractivity contribution >= 4 is 51.4 Å². The number of halogens is 1. The molecule has 9 heteroatoms. The Hall–Kier alpha value is -3.10. The molecule has 0 atom stereocenters. The van der Waals surface area contributed by atoms with Gasteiger partial charge in [-0.05, 0) is 48.5 Å². The van der Waals surface area contributed by atoms with E-state index in [1.54, 1.807) is 61.0 Å². The molecule has 7 nitrogen and oxygen atoms in total. The van der Waals surface area contributed by atoms with Crippen LogP contribution in [0.25, 0.3) is 0 Å². The second-order valence-corrected chi connectivity index (χ2v) is 6.60. The Balaban J connectivity index is 1.57. The zero-order valence-corrected chi connectivity index (χ0v) is 15.7. The number of nitrogens with one attached hydrogen (secondary N) is 3. The van der Waals surface area contributed by atoms with Gasteiger partial charge in [0.25, 0.3) is 5.91 Å². The summed E-state index contributed by atoms with van der Waals surface area (Å²) in [5.41, 5.74) is 1.41. The van der Waals surface area contributed by atoms with Gasteiger partial charge in [-0.3, -0.25) is 10.1 Å². The van der Waals surface area contributed by atoms with Gasteiger partial charge in [-0.25, -0.2) is 9.78 Å². The second kappa shape index (κ2) is 8.52. The van der Waals surface area contributed by atoms with E-state index in [0.29, 0.717) is 27.3 Å². The van der Waals surface area contributed by atoms with Gasteiger partial charge in [0.2, 0.25) is 0 Å². The van der Waals surface area contributed by atoms with Gasteiger partial charge < -0.3 is 15.4 Å². The molecule has 3 rings (SSSR count). The number of hydrogen-bond donors (Lipinski definition) is 3. The van der Waals surface area contributed by atoms with Crippen molar-refractivity contribution in [3.8, 4) is 5.75 Å². The maximum Gasteiger partial charge on any atom is 0.325 e. The molecule has 0 radical (unpaired) electrons. The average Bonchev–Trinajstić information content (AvgIpc) is 3.13. The van der Waals surface area contributed by atoms with Crippen molar-refractivity contribution in [2.45, 2.75) is 0 Å². The number of anilines is 3. The van der Waals surface area contributed by atoms with Crippen LogP contribution < -0.4 is 20.7 Å². The molecule has 0 spiro atoms. The van der Waals surface area contributed by atoms with Crippen LogP contribution in [0.5, 0.6) is 5.75 Å². The number of carbonyl (C=O) groups excluding carboxylic acids is 2. The summed E-state index contributed by atoms with van der Waals surface area (Å²) in [6, 6.07) is 13.2. The van der Waals surface area contributed by atoms with Crippen LogP contribution in [0.1, 0.15) is 10.5 Å². The molecule has 27 heavy (non-hydrogen) atoms. The number of ether oxygens (including phenoxy) is 1. The van der Waals surface area contributed by atoms with Crippen molar-refractivity contribution in [3.05, 3.63) is 64.6 Å². The zero-order chi connectivity index (χ0) is 19.2. The molecular formula is C18H15ClN4O3S. The molecule has 138 valence electrons. The lowest BCUT2D eigenvalue weighted by Gasteiger charge is -2.05. The third kappa shape index (κ3) is 5.19. The van der Waals surface area contributed by atoms with E-state index in [-0.39, 0.29) is 11.6 Å². The highest BCUT2D eigenvalue weighted by Gasteiger charge is 2.13. The highest BCUT2D eigenvalue weighted by Crippen LogP contribution is 2.19. The van der Waals surface area contributed by atoms with E-state index in [0.717, 1.165) is 11.3 Å². The van der Waals surface area contributed by atoms with Crippen LogP contribution in [0.15, 0.2) is 53.9 Å². The second-order valence-electron chi connectivity index (χ2n) is 5.31. The van der Waals surface area contributed by atoms with E-state index < -0.39 is 6.03 Å². The van der Waals surface area contributed by atoms with Crippen molar-refractivity contribution in [1.82, 2.24) is 4.98 Å². The van der Waals surface area contributed by atoms with E-state index in [9.17, 15) is 9.59 Å². The van der Waals surface area contributed by atoms with Gasteiger partial charge in [-0.15, -0.1) is 11.3 Å². The summed E-state index contributed by atoms with van der Waals surface area (Å²) in [5.74, 6) is 0.322. The molecule has 2 aromatic carbocycles. The van der Waals surface area contributed by atoms with Crippen LogP contribution >= 0.6 is 22.9 Å². The van der Waals surface area contributed by atoms with Gasteiger partial charge in [0, 0.05) is 21.8 Å². The first-order valence-corrected chi connectivity index (χ1v) is 9.04. The molecule has 1 heterocycles. The third-order valence-corrected chi connectivity index (χ3v) is 4.42. The summed E-state index contributed by atoms with van der Waals surface area (Å²) < 4.78 is 5.07. The molecule has 3 aromatic rings. The Morgan fingerprint density at radius 2 is 1.59 bits per heavy atom. The van der Waals surface area contributed by atoms with E-state index in [1.165, 1.54) is 0 Å². The number of carbonyl (C=O) groups is 2. The Labute approximate surface area is 164 Å². The van der Waals surface area contributed by atoms with Crippen LogP contribution in [0, 0.1) is 0 Å². The molecule has 0 fully saturated rings. The lowest BCUT2D eigenvalue weighted by Crippen LogP contribution is -2.19. The van der Waals surface area contributed by atoms with Gasteiger partial charge in [0.15, 0.2) is 5.13 Å². The summed E-state index contributed by atoms with van der Waals surface area (Å²) in [5, 5.41) is 10.4. The summed E-state index contributed by atoms with van der Waals surface area (Å²) >= 11 is 6.95. The summed E-state index contributed by atoms with van der Waals surface area (Å²) in [7, 11) is 1.57. The molecule has 1 aromatic heterocycles. The van der Waals surface area contributed by atoms with Crippen LogP contribution in [-0.2, 0) is 0 Å². The number of methoxy groups -OCH3 is 1. The minimum absolute atomic E-state index is 0.206. The molecule has 3 amide bonds. The monoisotopic (exact) mass is 402 g/mol.